The molecule has 96 valence electrons. The third-order valence-corrected chi connectivity index (χ3v) is 3.27. The lowest BCUT2D eigenvalue weighted by molar-refractivity contribution is -0.0434. The lowest BCUT2D eigenvalue weighted by Crippen LogP contribution is -2.38. The SMILES string of the molecule is Cc1ccc(CC(O)C(O)C(C)(C)C)cc1C. The molecule has 17 heavy (non-hydrogen) atoms. The summed E-state index contributed by atoms with van der Waals surface area (Å²) >= 11 is 0. The van der Waals surface area contributed by atoms with Gasteiger partial charge in [0.15, 0.2) is 0 Å². The molecule has 1 aromatic carbocycles. The summed E-state index contributed by atoms with van der Waals surface area (Å²) in [4.78, 5) is 0. The molecule has 2 atom stereocenters. The van der Waals surface area contributed by atoms with Crippen LogP contribution < -0.4 is 0 Å². The van der Waals surface area contributed by atoms with Gasteiger partial charge in [-0.2, -0.15) is 0 Å². The molecule has 0 heterocycles. The molecule has 0 aliphatic heterocycles. The van der Waals surface area contributed by atoms with E-state index in [4.69, 9.17) is 0 Å². The van der Waals surface area contributed by atoms with Gasteiger partial charge in [-0.25, -0.2) is 0 Å². The lowest BCUT2D eigenvalue weighted by Gasteiger charge is -2.30. The van der Waals surface area contributed by atoms with E-state index in [2.05, 4.69) is 26.0 Å². The second kappa shape index (κ2) is 5.19. The summed E-state index contributed by atoms with van der Waals surface area (Å²) in [5, 5.41) is 20.0. The average molecular weight is 236 g/mol. The minimum atomic E-state index is -0.711. The Hall–Kier alpha value is -0.860. The van der Waals surface area contributed by atoms with Gasteiger partial charge in [0.1, 0.15) is 0 Å². The minimum absolute atomic E-state index is 0.293. The van der Waals surface area contributed by atoms with Gasteiger partial charge in [-0.3, -0.25) is 0 Å². The van der Waals surface area contributed by atoms with E-state index < -0.39 is 12.2 Å². The molecule has 2 nitrogen and oxygen atoms in total. The molecular weight excluding hydrogens is 212 g/mol. The van der Waals surface area contributed by atoms with Crippen LogP contribution in [0.25, 0.3) is 0 Å². The zero-order chi connectivity index (χ0) is 13.2. The Kier molecular flexibility index (Phi) is 4.34. The van der Waals surface area contributed by atoms with Gasteiger partial charge in [-0.1, -0.05) is 39.0 Å². The van der Waals surface area contributed by atoms with Crippen molar-refractivity contribution in [2.24, 2.45) is 5.41 Å². The summed E-state index contributed by atoms with van der Waals surface area (Å²) in [5.41, 5.74) is 3.25. The Morgan fingerprint density at radius 2 is 1.65 bits per heavy atom. The quantitative estimate of drug-likeness (QED) is 0.847. The first-order valence-electron chi connectivity index (χ1n) is 6.14. The maximum atomic E-state index is 10.0. The highest BCUT2D eigenvalue weighted by molar-refractivity contribution is 5.30. The van der Waals surface area contributed by atoms with Crippen LogP contribution in [0.15, 0.2) is 18.2 Å². The van der Waals surface area contributed by atoms with Crippen molar-refractivity contribution in [1.82, 2.24) is 0 Å². The summed E-state index contributed by atoms with van der Waals surface area (Å²) < 4.78 is 0. The van der Waals surface area contributed by atoms with Crippen LogP contribution in [0.3, 0.4) is 0 Å². The predicted octanol–water partition coefficient (Wildman–Crippen LogP) is 2.61. The van der Waals surface area contributed by atoms with Gasteiger partial charge >= 0.3 is 0 Å². The fourth-order valence-electron chi connectivity index (χ4n) is 1.86. The maximum absolute atomic E-state index is 10.0. The Bertz CT molecular complexity index is 377. The van der Waals surface area contributed by atoms with Crippen molar-refractivity contribution < 1.29 is 10.2 Å². The number of aryl methyl sites for hydroxylation is 2. The van der Waals surface area contributed by atoms with Crippen molar-refractivity contribution in [3.63, 3.8) is 0 Å². The molecule has 0 radical (unpaired) electrons. The second-order valence-electron chi connectivity index (χ2n) is 6.00. The van der Waals surface area contributed by atoms with Crippen molar-refractivity contribution in [1.29, 1.82) is 0 Å². The summed E-state index contributed by atoms with van der Waals surface area (Å²) in [7, 11) is 0. The summed E-state index contributed by atoms with van der Waals surface area (Å²) in [5.74, 6) is 0. The number of rotatable bonds is 3. The average Bonchev–Trinajstić information content (AvgIpc) is 2.21. The summed E-state index contributed by atoms with van der Waals surface area (Å²) in [6.07, 6.45) is -0.916. The van der Waals surface area contributed by atoms with E-state index in [0.717, 1.165) is 5.56 Å². The van der Waals surface area contributed by atoms with Crippen LogP contribution in [-0.4, -0.2) is 22.4 Å². The second-order valence-corrected chi connectivity index (χ2v) is 6.00. The topological polar surface area (TPSA) is 40.5 Å². The molecule has 2 N–H and O–H groups in total. The molecule has 0 aliphatic rings. The molecule has 0 fully saturated rings. The molecular formula is C15H24O2. The van der Waals surface area contributed by atoms with E-state index >= 15 is 0 Å². The summed E-state index contributed by atoms with van der Waals surface area (Å²) in [6, 6.07) is 6.15. The highest BCUT2D eigenvalue weighted by Gasteiger charge is 2.29. The van der Waals surface area contributed by atoms with E-state index in [0.29, 0.717) is 6.42 Å². The normalized spacial score (nSPS) is 15.7. The number of aliphatic hydroxyl groups is 2. The molecule has 2 unspecified atom stereocenters. The van der Waals surface area contributed by atoms with Crippen LogP contribution in [0.4, 0.5) is 0 Å². The molecule has 1 rings (SSSR count). The molecule has 0 amide bonds. The smallest absolute Gasteiger partial charge is 0.0850 e. The molecule has 0 aromatic heterocycles. The fourth-order valence-corrected chi connectivity index (χ4v) is 1.86. The molecule has 0 saturated heterocycles. The van der Waals surface area contributed by atoms with E-state index in [1.165, 1.54) is 11.1 Å². The number of hydrogen-bond donors (Lipinski definition) is 2. The van der Waals surface area contributed by atoms with Gasteiger partial charge in [0.2, 0.25) is 0 Å². The third kappa shape index (κ3) is 3.83. The zero-order valence-electron chi connectivity index (χ0n) is 11.5. The standard InChI is InChI=1S/C15H24O2/c1-10-6-7-12(8-11(10)2)9-13(16)14(17)15(3,4)5/h6-8,13-14,16-17H,9H2,1-5H3. The van der Waals surface area contributed by atoms with Crippen LogP contribution in [0, 0.1) is 19.3 Å². The third-order valence-electron chi connectivity index (χ3n) is 3.27. The molecule has 0 bridgehead atoms. The lowest BCUT2D eigenvalue weighted by atomic mass is 9.84. The highest BCUT2D eigenvalue weighted by atomic mass is 16.3. The van der Waals surface area contributed by atoms with Gasteiger partial charge in [-0.15, -0.1) is 0 Å². The summed E-state index contributed by atoms with van der Waals surface area (Å²) in [6.45, 7) is 9.93. The first-order chi connectivity index (χ1) is 7.71. The van der Waals surface area contributed by atoms with Gasteiger partial charge in [0, 0.05) is 6.42 Å². The van der Waals surface area contributed by atoms with Crippen LogP contribution in [-0.2, 0) is 6.42 Å². The Labute approximate surface area is 104 Å². The first kappa shape index (κ1) is 14.2. The van der Waals surface area contributed by atoms with Crippen molar-refractivity contribution in [2.45, 2.75) is 53.2 Å². The highest BCUT2D eigenvalue weighted by Crippen LogP contribution is 2.23. The van der Waals surface area contributed by atoms with Crippen LogP contribution in [0.1, 0.15) is 37.5 Å². The van der Waals surface area contributed by atoms with E-state index in [9.17, 15) is 10.2 Å². The first-order valence-corrected chi connectivity index (χ1v) is 6.14. The monoisotopic (exact) mass is 236 g/mol. The van der Waals surface area contributed by atoms with Crippen LogP contribution in [0.2, 0.25) is 0 Å². The number of aliphatic hydroxyl groups excluding tert-OH is 2. The maximum Gasteiger partial charge on any atom is 0.0850 e. The van der Waals surface area contributed by atoms with E-state index in [1.807, 2.05) is 26.8 Å². The Balaban J connectivity index is 2.74. The van der Waals surface area contributed by atoms with E-state index in [-0.39, 0.29) is 5.41 Å². The van der Waals surface area contributed by atoms with Gasteiger partial charge < -0.3 is 10.2 Å². The minimum Gasteiger partial charge on any atom is -0.390 e. The zero-order valence-corrected chi connectivity index (χ0v) is 11.5. The van der Waals surface area contributed by atoms with Gasteiger partial charge in [0.25, 0.3) is 0 Å². The predicted molar refractivity (Wildman–Crippen MR) is 71.1 cm³/mol. The van der Waals surface area contributed by atoms with Gasteiger partial charge in [0.05, 0.1) is 12.2 Å². The number of hydrogen-bond acceptors (Lipinski definition) is 2. The fraction of sp³-hybridized carbons (Fsp3) is 0.600. The molecule has 0 spiro atoms. The Morgan fingerprint density at radius 3 is 2.12 bits per heavy atom. The van der Waals surface area contributed by atoms with Crippen molar-refractivity contribution >= 4 is 0 Å². The Morgan fingerprint density at radius 1 is 1.06 bits per heavy atom. The van der Waals surface area contributed by atoms with E-state index in [1.54, 1.807) is 0 Å². The molecule has 2 heteroatoms. The van der Waals surface area contributed by atoms with Gasteiger partial charge in [-0.05, 0) is 36.0 Å². The number of benzene rings is 1. The van der Waals surface area contributed by atoms with Crippen LogP contribution in [0.5, 0.6) is 0 Å². The van der Waals surface area contributed by atoms with Crippen molar-refractivity contribution in [3.8, 4) is 0 Å². The largest absolute Gasteiger partial charge is 0.390 e. The van der Waals surface area contributed by atoms with Crippen molar-refractivity contribution in [2.75, 3.05) is 0 Å². The molecule has 0 aliphatic carbocycles. The van der Waals surface area contributed by atoms with Crippen LogP contribution >= 0.6 is 0 Å². The molecule has 1 aromatic rings. The van der Waals surface area contributed by atoms with Crippen molar-refractivity contribution in [3.05, 3.63) is 34.9 Å². The molecule has 0 saturated carbocycles.